The first-order chi connectivity index (χ1) is 15.7. The zero-order valence-corrected chi connectivity index (χ0v) is 20.6. The monoisotopic (exact) mass is 473 g/mol. The van der Waals surface area contributed by atoms with Crippen molar-refractivity contribution in [3.05, 3.63) is 35.4 Å². The van der Waals surface area contributed by atoms with Crippen LogP contribution in [0.2, 0.25) is 0 Å². The summed E-state index contributed by atoms with van der Waals surface area (Å²) in [7, 11) is 0. The SMILES string of the molecule is CC(C)(C)OC(=O)NC1CSCC[C@H]2CC[C@@H](C(=O)N[C@@H]3CCCc4ccccc43)N2C1=O. The third-order valence-corrected chi connectivity index (χ3v) is 7.71. The average molecular weight is 474 g/mol. The van der Waals surface area contributed by atoms with Crippen molar-refractivity contribution in [1.29, 1.82) is 0 Å². The van der Waals surface area contributed by atoms with Crippen molar-refractivity contribution in [3.63, 3.8) is 0 Å². The molecule has 33 heavy (non-hydrogen) atoms. The molecule has 2 heterocycles. The third-order valence-electron chi connectivity index (χ3n) is 6.61. The fourth-order valence-electron chi connectivity index (χ4n) is 5.15. The smallest absolute Gasteiger partial charge is 0.408 e. The van der Waals surface area contributed by atoms with Crippen LogP contribution in [0.1, 0.15) is 70.0 Å². The van der Waals surface area contributed by atoms with Gasteiger partial charge in [0.2, 0.25) is 11.8 Å². The van der Waals surface area contributed by atoms with Crippen LogP contribution in [-0.2, 0) is 20.7 Å². The summed E-state index contributed by atoms with van der Waals surface area (Å²) >= 11 is 1.66. The van der Waals surface area contributed by atoms with Crippen LogP contribution in [0.25, 0.3) is 0 Å². The largest absolute Gasteiger partial charge is 0.444 e. The van der Waals surface area contributed by atoms with Crippen LogP contribution in [-0.4, -0.2) is 58.0 Å². The number of thioether (sulfide) groups is 1. The minimum atomic E-state index is -0.698. The van der Waals surface area contributed by atoms with Crippen LogP contribution in [0, 0.1) is 0 Å². The molecular weight excluding hydrogens is 438 g/mol. The standard InChI is InChI=1S/C25H35N3O4S/c1-25(2,3)32-24(31)27-20-15-33-14-13-17-11-12-21(28(17)23(20)30)22(29)26-19-10-6-8-16-7-4-5-9-18(16)19/h4-5,7,9,17,19-21H,6,8,10-15H2,1-3H3,(H,26,29)(H,27,31)/t17-,19-,20?,21+/m1/s1. The van der Waals surface area contributed by atoms with Crippen LogP contribution < -0.4 is 10.6 Å². The van der Waals surface area contributed by atoms with Crippen molar-refractivity contribution in [2.45, 2.75) is 89.1 Å². The maximum Gasteiger partial charge on any atom is 0.408 e. The van der Waals surface area contributed by atoms with Gasteiger partial charge in [0.1, 0.15) is 17.7 Å². The molecule has 0 spiro atoms. The highest BCUT2D eigenvalue weighted by molar-refractivity contribution is 7.99. The van der Waals surface area contributed by atoms with E-state index in [0.29, 0.717) is 12.2 Å². The van der Waals surface area contributed by atoms with Crippen molar-refractivity contribution in [3.8, 4) is 0 Å². The van der Waals surface area contributed by atoms with Crippen LogP contribution in [0.5, 0.6) is 0 Å². The lowest BCUT2D eigenvalue weighted by Crippen LogP contribution is -2.58. The van der Waals surface area contributed by atoms with Gasteiger partial charge >= 0.3 is 6.09 Å². The molecule has 4 atom stereocenters. The second-order valence-corrected chi connectivity index (χ2v) is 11.4. The van der Waals surface area contributed by atoms with E-state index in [1.165, 1.54) is 11.1 Å². The molecule has 2 aliphatic heterocycles. The minimum absolute atomic E-state index is 0.0161. The molecule has 180 valence electrons. The topological polar surface area (TPSA) is 87.7 Å². The predicted molar refractivity (Wildman–Crippen MR) is 129 cm³/mol. The Morgan fingerprint density at radius 2 is 1.85 bits per heavy atom. The highest BCUT2D eigenvalue weighted by Gasteiger charge is 2.44. The molecular formula is C25H35N3O4S. The lowest BCUT2D eigenvalue weighted by Gasteiger charge is -2.36. The lowest BCUT2D eigenvalue weighted by atomic mass is 9.87. The van der Waals surface area contributed by atoms with Crippen molar-refractivity contribution in [2.24, 2.45) is 0 Å². The van der Waals surface area contributed by atoms with Crippen molar-refractivity contribution >= 4 is 29.7 Å². The molecule has 0 aromatic heterocycles. The fraction of sp³-hybridized carbons (Fsp3) is 0.640. The van der Waals surface area contributed by atoms with Crippen LogP contribution >= 0.6 is 11.8 Å². The van der Waals surface area contributed by atoms with Gasteiger partial charge in [-0.05, 0) is 76.2 Å². The number of fused-ring (bicyclic) bond motifs is 2. The summed E-state index contributed by atoms with van der Waals surface area (Å²) in [6.07, 6.45) is 4.71. The summed E-state index contributed by atoms with van der Waals surface area (Å²) < 4.78 is 5.37. The molecule has 1 aliphatic carbocycles. The van der Waals surface area contributed by atoms with Gasteiger partial charge in [-0.2, -0.15) is 11.8 Å². The predicted octanol–water partition coefficient (Wildman–Crippen LogP) is 3.57. The zero-order chi connectivity index (χ0) is 23.6. The Morgan fingerprint density at radius 3 is 2.64 bits per heavy atom. The Balaban J connectivity index is 1.48. The summed E-state index contributed by atoms with van der Waals surface area (Å²) in [5.41, 5.74) is 1.84. The van der Waals surface area contributed by atoms with Gasteiger partial charge in [0.15, 0.2) is 0 Å². The molecule has 8 heteroatoms. The first kappa shape index (κ1) is 23.9. The number of nitrogens with zero attached hydrogens (tertiary/aromatic N) is 1. The van der Waals surface area contributed by atoms with Gasteiger partial charge in [-0.15, -0.1) is 0 Å². The van der Waals surface area contributed by atoms with Gasteiger partial charge in [0.25, 0.3) is 0 Å². The summed E-state index contributed by atoms with van der Waals surface area (Å²) in [6.45, 7) is 5.38. The number of nitrogens with one attached hydrogen (secondary N) is 2. The van der Waals surface area contributed by atoms with E-state index in [1.54, 1.807) is 37.4 Å². The number of hydrogen-bond donors (Lipinski definition) is 2. The van der Waals surface area contributed by atoms with E-state index in [1.807, 2.05) is 12.1 Å². The molecule has 2 N–H and O–H groups in total. The summed E-state index contributed by atoms with van der Waals surface area (Å²) in [5.74, 6) is 1.10. The number of alkyl carbamates (subject to hydrolysis) is 1. The van der Waals surface area contributed by atoms with Crippen LogP contribution in [0.3, 0.4) is 0 Å². The third kappa shape index (κ3) is 5.65. The molecule has 1 aromatic carbocycles. The maximum absolute atomic E-state index is 13.5. The molecule has 0 bridgehead atoms. The number of hydrogen-bond acceptors (Lipinski definition) is 5. The molecule has 4 rings (SSSR count). The number of carbonyl (C=O) groups excluding carboxylic acids is 3. The van der Waals surface area contributed by atoms with E-state index in [2.05, 4.69) is 22.8 Å². The van der Waals surface area contributed by atoms with Gasteiger partial charge in [-0.3, -0.25) is 9.59 Å². The van der Waals surface area contributed by atoms with E-state index < -0.39 is 23.8 Å². The highest BCUT2D eigenvalue weighted by atomic mass is 32.2. The molecule has 2 saturated heterocycles. The molecule has 2 fully saturated rings. The fourth-order valence-corrected chi connectivity index (χ4v) is 6.22. The summed E-state index contributed by atoms with van der Waals surface area (Å²) in [5, 5.41) is 6.00. The molecule has 1 aromatic rings. The van der Waals surface area contributed by atoms with E-state index >= 15 is 0 Å². The zero-order valence-electron chi connectivity index (χ0n) is 19.8. The Kier molecular flexibility index (Phi) is 7.22. The summed E-state index contributed by atoms with van der Waals surface area (Å²) in [4.78, 5) is 41.1. The van der Waals surface area contributed by atoms with Gasteiger partial charge < -0.3 is 20.3 Å². The van der Waals surface area contributed by atoms with Gasteiger partial charge in [0, 0.05) is 11.8 Å². The van der Waals surface area contributed by atoms with Gasteiger partial charge in [-0.25, -0.2) is 4.79 Å². The van der Waals surface area contributed by atoms with E-state index in [4.69, 9.17) is 4.74 Å². The molecule has 1 unspecified atom stereocenters. The number of benzene rings is 1. The highest BCUT2D eigenvalue weighted by Crippen LogP contribution is 2.33. The maximum atomic E-state index is 13.5. The summed E-state index contributed by atoms with van der Waals surface area (Å²) in [6, 6.07) is 7.10. The molecule has 3 amide bonds. The molecule has 0 saturated carbocycles. The molecule has 7 nitrogen and oxygen atoms in total. The first-order valence-electron chi connectivity index (χ1n) is 12.0. The second-order valence-electron chi connectivity index (χ2n) is 10.2. The number of carbonyl (C=O) groups is 3. The molecule has 3 aliphatic rings. The Bertz CT molecular complexity index is 900. The number of amides is 3. The van der Waals surface area contributed by atoms with E-state index in [-0.39, 0.29) is 23.9 Å². The van der Waals surface area contributed by atoms with Crippen LogP contribution in [0.4, 0.5) is 4.79 Å². The average Bonchev–Trinajstić information content (AvgIpc) is 3.17. The van der Waals surface area contributed by atoms with E-state index in [0.717, 1.165) is 37.9 Å². The first-order valence-corrected chi connectivity index (χ1v) is 13.2. The minimum Gasteiger partial charge on any atom is -0.444 e. The number of rotatable bonds is 3. The van der Waals surface area contributed by atoms with Gasteiger partial charge in [0.05, 0.1) is 6.04 Å². The van der Waals surface area contributed by atoms with Crippen LogP contribution in [0.15, 0.2) is 24.3 Å². The second kappa shape index (κ2) is 9.95. The quantitative estimate of drug-likeness (QED) is 0.701. The van der Waals surface area contributed by atoms with Crippen molar-refractivity contribution in [1.82, 2.24) is 15.5 Å². The van der Waals surface area contributed by atoms with Crippen molar-refractivity contribution in [2.75, 3.05) is 11.5 Å². The number of ether oxygens (including phenoxy) is 1. The Hall–Kier alpha value is -2.22. The van der Waals surface area contributed by atoms with Crippen molar-refractivity contribution < 1.29 is 19.1 Å². The Morgan fingerprint density at radius 1 is 1.06 bits per heavy atom. The number of aryl methyl sites for hydroxylation is 1. The Labute approximate surface area is 200 Å². The molecule has 0 radical (unpaired) electrons. The van der Waals surface area contributed by atoms with E-state index in [9.17, 15) is 14.4 Å². The van der Waals surface area contributed by atoms with Gasteiger partial charge in [-0.1, -0.05) is 24.3 Å². The normalized spacial score (nSPS) is 27.6. The lowest BCUT2D eigenvalue weighted by molar-refractivity contribution is -0.142.